The number of hydrogen-bond acceptors (Lipinski definition) is 5. The van der Waals surface area contributed by atoms with Crippen molar-refractivity contribution in [2.24, 2.45) is 0 Å². The molecule has 3 rings (SSSR count). The Labute approximate surface area is 242 Å². The molecule has 0 radical (unpaired) electrons. The first-order chi connectivity index (χ1) is 19.1. The summed E-state index contributed by atoms with van der Waals surface area (Å²) in [7, 11) is 4.20. The first kappa shape index (κ1) is 33.9. The molecule has 2 aliphatic heterocycles. The van der Waals surface area contributed by atoms with Crippen LogP contribution in [0.5, 0.6) is 11.5 Å². The van der Waals surface area contributed by atoms with Crippen LogP contribution in [0.15, 0.2) is 24.3 Å². The minimum atomic E-state index is -0.467. The molecule has 1 aromatic rings. The summed E-state index contributed by atoms with van der Waals surface area (Å²) in [6.45, 7) is 6.47. The van der Waals surface area contributed by atoms with E-state index in [4.69, 9.17) is 14.2 Å². The van der Waals surface area contributed by atoms with Crippen LogP contribution in [0, 0.1) is 0 Å². The Hall–Kier alpha value is -1.30. The Morgan fingerprint density at radius 3 is 1.05 bits per heavy atom. The smallest absolute Gasteiger partial charge is 0.265 e. The number of fused-ring (bicyclic) bond motifs is 6. The lowest BCUT2D eigenvalue weighted by Gasteiger charge is -2.34. The summed E-state index contributed by atoms with van der Waals surface area (Å²) in [6, 6.07) is 7.91. The number of unbranched alkanes of at least 4 members (excludes halogenated alkanes) is 18. The first-order valence-corrected chi connectivity index (χ1v) is 16.6. The second-order valence-electron chi connectivity index (χ2n) is 11.8. The largest absolute Gasteiger partial charge is 0.451 e. The molecular weight excluding hydrogens is 484 g/mol. The van der Waals surface area contributed by atoms with Crippen molar-refractivity contribution < 1.29 is 14.2 Å². The van der Waals surface area contributed by atoms with Gasteiger partial charge in [0.25, 0.3) is 12.8 Å². The zero-order valence-corrected chi connectivity index (χ0v) is 26.1. The zero-order valence-electron chi connectivity index (χ0n) is 26.1. The number of rotatable bonds is 24. The van der Waals surface area contributed by atoms with Gasteiger partial charge < -0.3 is 9.47 Å². The van der Waals surface area contributed by atoms with Crippen molar-refractivity contribution in [3.8, 4) is 11.5 Å². The quantitative estimate of drug-likeness (QED) is 0.121. The van der Waals surface area contributed by atoms with Gasteiger partial charge in [0.2, 0.25) is 0 Å². The minimum absolute atomic E-state index is 0.467. The summed E-state index contributed by atoms with van der Waals surface area (Å²) in [5.41, 5.74) is 0. The van der Waals surface area contributed by atoms with Crippen molar-refractivity contribution in [1.82, 2.24) is 9.80 Å². The normalized spacial score (nSPS) is 17.2. The van der Waals surface area contributed by atoms with Crippen LogP contribution in [0.2, 0.25) is 0 Å². The highest BCUT2D eigenvalue weighted by Crippen LogP contribution is 2.25. The summed E-state index contributed by atoms with van der Waals surface area (Å²) in [5, 5.41) is 0. The second kappa shape index (κ2) is 22.4. The Bertz CT molecular complexity index is 627. The number of hydrogen-bond donors (Lipinski definition) is 0. The third-order valence-corrected chi connectivity index (χ3v) is 7.98. The van der Waals surface area contributed by atoms with Crippen molar-refractivity contribution in [1.29, 1.82) is 0 Å². The molecule has 0 saturated carbocycles. The summed E-state index contributed by atoms with van der Waals surface area (Å²) in [5.74, 6) is 1.64. The fourth-order valence-electron chi connectivity index (χ4n) is 5.28. The SMILES string of the molecule is CCCCCCCCCCCCN(C)C1Oc2ccc(cc2)OC(N(C)CCCCCCCCCCCC)O1. The van der Waals surface area contributed by atoms with E-state index in [9.17, 15) is 0 Å². The van der Waals surface area contributed by atoms with E-state index in [-0.39, 0.29) is 0 Å². The topological polar surface area (TPSA) is 34.2 Å². The molecule has 0 amide bonds. The van der Waals surface area contributed by atoms with E-state index in [1.807, 2.05) is 24.3 Å². The number of ether oxygens (including phenoxy) is 3. The maximum Gasteiger partial charge on any atom is 0.265 e. The monoisotopic (exact) mass is 546 g/mol. The second-order valence-corrected chi connectivity index (χ2v) is 11.8. The molecule has 0 spiro atoms. The molecule has 0 N–H and O–H groups in total. The van der Waals surface area contributed by atoms with Gasteiger partial charge in [-0.2, -0.15) is 0 Å². The molecule has 2 atom stereocenters. The predicted octanol–water partition coefficient (Wildman–Crippen LogP) is 9.75. The van der Waals surface area contributed by atoms with E-state index in [0.29, 0.717) is 0 Å². The fourth-order valence-corrected chi connectivity index (χ4v) is 5.28. The van der Waals surface area contributed by atoms with Gasteiger partial charge in [-0.25, -0.2) is 9.80 Å². The zero-order chi connectivity index (χ0) is 28.0. The van der Waals surface area contributed by atoms with Gasteiger partial charge in [0.15, 0.2) is 0 Å². The maximum absolute atomic E-state index is 6.45. The third kappa shape index (κ3) is 15.9. The van der Waals surface area contributed by atoms with Crippen molar-refractivity contribution in [3.05, 3.63) is 24.3 Å². The average molecular weight is 547 g/mol. The molecular formula is C34H62N2O3. The van der Waals surface area contributed by atoms with Crippen LogP contribution in [-0.2, 0) is 4.74 Å². The Morgan fingerprint density at radius 1 is 0.462 bits per heavy atom. The lowest BCUT2D eigenvalue weighted by atomic mass is 10.1. The molecule has 0 aromatic heterocycles. The van der Waals surface area contributed by atoms with Gasteiger partial charge in [0.05, 0.1) is 0 Å². The van der Waals surface area contributed by atoms with Crippen LogP contribution in [-0.4, -0.2) is 49.8 Å². The van der Waals surface area contributed by atoms with Crippen molar-refractivity contribution >= 4 is 0 Å². The van der Waals surface area contributed by atoms with E-state index in [1.54, 1.807) is 0 Å². The number of nitrogens with zero attached hydrogens (tertiary/aromatic N) is 2. The third-order valence-electron chi connectivity index (χ3n) is 7.98. The molecule has 0 aliphatic carbocycles. The van der Waals surface area contributed by atoms with Crippen LogP contribution < -0.4 is 9.47 Å². The lowest BCUT2D eigenvalue weighted by Crippen LogP contribution is -2.48. The van der Waals surface area contributed by atoms with Crippen LogP contribution in [0.3, 0.4) is 0 Å². The average Bonchev–Trinajstić information content (AvgIpc) is 3.09. The van der Waals surface area contributed by atoms with Gasteiger partial charge in [0.1, 0.15) is 11.5 Å². The van der Waals surface area contributed by atoms with E-state index >= 15 is 0 Å². The van der Waals surface area contributed by atoms with Gasteiger partial charge in [-0.15, -0.1) is 0 Å². The Balaban J connectivity index is 1.68. The number of benzene rings is 1. The van der Waals surface area contributed by atoms with Crippen LogP contribution in [0.4, 0.5) is 0 Å². The van der Waals surface area contributed by atoms with Crippen LogP contribution >= 0.6 is 0 Å². The lowest BCUT2D eigenvalue weighted by molar-refractivity contribution is -0.278. The molecule has 0 saturated heterocycles. The predicted molar refractivity (Wildman–Crippen MR) is 165 cm³/mol. The molecule has 39 heavy (non-hydrogen) atoms. The summed E-state index contributed by atoms with van der Waals surface area (Å²) >= 11 is 0. The fraction of sp³-hybridized carbons (Fsp3) is 0.824. The Morgan fingerprint density at radius 2 is 0.744 bits per heavy atom. The summed E-state index contributed by atoms with van der Waals surface area (Å²) in [4.78, 5) is 4.38. The summed E-state index contributed by atoms with van der Waals surface area (Å²) in [6.07, 6.45) is 25.9. The first-order valence-electron chi connectivity index (χ1n) is 16.6. The van der Waals surface area contributed by atoms with E-state index in [2.05, 4.69) is 37.7 Å². The highest BCUT2D eigenvalue weighted by atomic mass is 16.8. The Kier molecular flexibility index (Phi) is 19.5. The molecule has 2 unspecified atom stereocenters. The minimum Gasteiger partial charge on any atom is -0.451 e. The van der Waals surface area contributed by atoms with Crippen LogP contribution in [0.25, 0.3) is 0 Å². The highest BCUT2D eigenvalue weighted by Gasteiger charge is 2.28. The van der Waals surface area contributed by atoms with Gasteiger partial charge >= 0.3 is 0 Å². The molecule has 226 valence electrons. The molecule has 2 aliphatic rings. The van der Waals surface area contributed by atoms with Crippen LogP contribution in [0.1, 0.15) is 142 Å². The standard InChI is InChI=1S/C34H62N2O3/c1-5-7-9-11-13-15-17-19-21-23-29-35(3)33-37-31-25-27-32(28-26-31)38-34(39-33)36(4)30-24-22-20-18-16-14-12-10-8-6-2/h25-28,33-34H,5-24,29-30H2,1-4H3. The van der Waals surface area contributed by atoms with Gasteiger partial charge in [-0.3, -0.25) is 4.74 Å². The van der Waals surface area contributed by atoms with Crippen molar-refractivity contribution in [2.45, 2.75) is 155 Å². The summed E-state index contributed by atoms with van der Waals surface area (Å²) < 4.78 is 19.0. The molecule has 5 heteroatoms. The molecule has 0 fully saturated rings. The highest BCUT2D eigenvalue weighted by molar-refractivity contribution is 5.31. The van der Waals surface area contributed by atoms with E-state index < -0.39 is 12.8 Å². The van der Waals surface area contributed by atoms with E-state index in [1.165, 1.54) is 116 Å². The molecule has 2 bridgehead atoms. The van der Waals surface area contributed by atoms with Gasteiger partial charge in [-0.05, 0) is 51.2 Å². The maximum atomic E-state index is 6.45. The van der Waals surface area contributed by atoms with Crippen molar-refractivity contribution in [2.75, 3.05) is 27.2 Å². The molecule has 5 nitrogen and oxygen atoms in total. The molecule has 1 aromatic carbocycles. The van der Waals surface area contributed by atoms with Gasteiger partial charge in [0, 0.05) is 13.1 Å². The van der Waals surface area contributed by atoms with Crippen molar-refractivity contribution in [3.63, 3.8) is 0 Å². The van der Waals surface area contributed by atoms with Gasteiger partial charge in [-0.1, -0.05) is 129 Å². The van der Waals surface area contributed by atoms with E-state index in [0.717, 1.165) is 37.4 Å². The molecule has 2 heterocycles.